The van der Waals surface area contributed by atoms with Crippen LogP contribution in [0.25, 0.3) is 22.5 Å². The van der Waals surface area contributed by atoms with Crippen molar-refractivity contribution in [2.45, 2.75) is 65.6 Å². The van der Waals surface area contributed by atoms with Crippen LogP contribution < -0.4 is 5.32 Å². The molecule has 0 fully saturated rings. The Kier molecular flexibility index (Phi) is 16.4. The molecule has 300 valence electrons. The van der Waals surface area contributed by atoms with Crippen LogP contribution in [0.5, 0.6) is 0 Å². The molecule has 8 rings (SSSR count). The Labute approximate surface area is 343 Å². The van der Waals surface area contributed by atoms with Gasteiger partial charge < -0.3 is 34.5 Å². The van der Waals surface area contributed by atoms with E-state index in [4.69, 9.17) is 15.9 Å². The first kappa shape index (κ1) is 43.8. The lowest BCUT2D eigenvalue weighted by molar-refractivity contribution is 0.183. The van der Waals surface area contributed by atoms with Gasteiger partial charge in [0.15, 0.2) is 0 Å². The van der Waals surface area contributed by atoms with E-state index in [9.17, 15) is 10.0 Å². The number of terminal acetylenes is 1. The van der Waals surface area contributed by atoms with Gasteiger partial charge in [0.25, 0.3) is 0 Å². The summed E-state index contributed by atoms with van der Waals surface area (Å²) >= 11 is 0. The molecule has 3 aliphatic heterocycles. The van der Waals surface area contributed by atoms with Gasteiger partial charge in [-0.25, -0.2) is 9.36 Å². The fourth-order valence-corrected chi connectivity index (χ4v) is 7.13. The lowest BCUT2D eigenvalue weighted by Crippen LogP contribution is -2.40. The third-order valence-electron chi connectivity index (χ3n) is 10.5. The highest BCUT2D eigenvalue weighted by Gasteiger charge is 2.23. The van der Waals surface area contributed by atoms with Crippen LogP contribution in [0, 0.1) is 12.3 Å². The fraction of sp³-hybridized carbons (Fsp3) is 0.415. The molecule has 0 saturated heterocycles. The van der Waals surface area contributed by atoms with Crippen LogP contribution in [0.2, 0.25) is 13.6 Å². The highest BCUT2D eigenvalue weighted by atomic mass is 35.5. The second-order valence-electron chi connectivity index (χ2n) is 14.4. The number of rotatable bonds is 10. The van der Waals surface area contributed by atoms with E-state index in [1.165, 1.54) is 33.4 Å². The first-order valence-corrected chi connectivity index (χ1v) is 19.4. The van der Waals surface area contributed by atoms with Crippen LogP contribution in [0.15, 0.2) is 67.0 Å². The molecule has 0 bridgehead atoms. The van der Waals surface area contributed by atoms with E-state index in [0.717, 1.165) is 93.2 Å². The lowest BCUT2D eigenvalue weighted by atomic mass is 9.81. The number of aromatic nitrogens is 6. The molecule has 0 aliphatic carbocycles. The van der Waals surface area contributed by atoms with Crippen molar-refractivity contribution in [3.63, 3.8) is 0 Å². The Bertz CT molecular complexity index is 2090. The summed E-state index contributed by atoms with van der Waals surface area (Å²) in [5.74, 6) is 2.64. The van der Waals surface area contributed by atoms with E-state index in [1.54, 1.807) is 25.7 Å². The maximum Gasteiger partial charge on any atom is 0.376 e. The van der Waals surface area contributed by atoms with Crippen molar-refractivity contribution >= 4 is 26.5 Å². The highest BCUT2D eigenvalue weighted by Crippen LogP contribution is 2.26. The maximum atomic E-state index is 9.76. The first-order chi connectivity index (χ1) is 27.2. The predicted octanol–water partition coefficient (Wildman–Crippen LogP) is 3.86. The SMILES string of the molecule is C#Cc1ccc2c(c1)CN(B(C)O)CC2.COCCn1cc(-c2ccc3c(c2)CN(B(C)O)CC3)nn1.COCCn1cc(-c2ccc3c(c2)CNCC3)nn1.Cl. The van der Waals surface area contributed by atoms with Gasteiger partial charge in [-0.2, -0.15) is 0 Å². The average molecular weight is 794 g/mol. The molecule has 57 heavy (non-hydrogen) atoms. The summed E-state index contributed by atoms with van der Waals surface area (Å²) in [5.41, 5.74) is 12.9. The van der Waals surface area contributed by atoms with Gasteiger partial charge >= 0.3 is 14.1 Å². The molecule has 3 N–H and O–H groups in total. The molecule has 13 nitrogen and oxygen atoms in total. The summed E-state index contributed by atoms with van der Waals surface area (Å²) in [4.78, 5) is 4.12. The Hall–Kier alpha value is -4.36. The largest absolute Gasteiger partial charge is 0.437 e. The zero-order valence-corrected chi connectivity index (χ0v) is 34.3. The van der Waals surface area contributed by atoms with Crippen molar-refractivity contribution in [3.05, 3.63) is 106 Å². The molecule has 0 amide bonds. The van der Waals surface area contributed by atoms with Crippen molar-refractivity contribution in [2.75, 3.05) is 47.1 Å². The van der Waals surface area contributed by atoms with Crippen molar-refractivity contribution in [2.24, 2.45) is 0 Å². The zero-order chi connectivity index (χ0) is 39.4. The predicted molar refractivity (Wildman–Crippen MR) is 228 cm³/mol. The summed E-state index contributed by atoms with van der Waals surface area (Å²) in [5, 5.41) is 39.4. The molecule has 0 radical (unpaired) electrons. The third-order valence-corrected chi connectivity index (χ3v) is 10.5. The minimum absolute atomic E-state index is 0. The smallest absolute Gasteiger partial charge is 0.376 e. The van der Waals surface area contributed by atoms with Crippen LogP contribution in [0.3, 0.4) is 0 Å². The summed E-state index contributed by atoms with van der Waals surface area (Å²) in [6.07, 6.45) is 12.3. The Morgan fingerprint density at radius 3 is 1.70 bits per heavy atom. The number of nitrogens with zero attached hydrogens (tertiary/aromatic N) is 8. The minimum Gasteiger partial charge on any atom is -0.437 e. The van der Waals surface area contributed by atoms with Gasteiger partial charge in [0, 0.05) is 50.5 Å². The molecule has 0 unspecified atom stereocenters. The highest BCUT2D eigenvalue weighted by molar-refractivity contribution is 6.45. The van der Waals surface area contributed by atoms with Crippen LogP contribution in [0.4, 0.5) is 0 Å². The summed E-state index contributed by atoms with van der Waals surface area (Å²) in [6, 6.07) is 19.1. The molecular formula is C41H54B2ClN9O4. The molecular weight excluding hydrogens is 740 g/mol. The van der Waals surface area contributed by atoms with Gasteiger partial charge in [0.1, 0.15) is 11.4 Å². The molecule has 3 aliphatic rings. The number of methoxy groups -OCH3 is 2. The van der Waals surface area contributed by atoms with E-state index in [1.807, 2.05) is 40.8 Å². The third kappa shape index (κ3) is 11.8. The van der Waals surface area contributed by atoms with Crippen LogP contribution in [0.1, 0.15) is 38.9 Å². The molecule has 5 heterocycles. The number of hydrogen-bond donors (Lipinski definition) is 3. The number of ether oxygens (including phenoxy) is 2. The van der Waals surface area contributed by atoms with Crippen LogP contribution in [-0.4, -0.2) is 111 Å². The second-order valence-corrected chi connectivity index (χ2v) is 14.4. The van der Waals surface area contributed by atoms with Crippen LogP contribution >= 0.6 is 12.4 Å². The van der Waals surface area contributed by atoms with E-state index < -0.39 is 7.05 Å². The number of hydrogen-bond acceptors (Lipinski definition) is 11. The summed E-state index contributed by atoms with van der Waals surface area (Å²) < 4.78 is 13.7. The van der Waals surface area contributed by atoms with Gasteiger partial charge in [0.05, 0.1) is 38.7 Å². The van der Waals surface area contributed by atoms with Gasteiger partial charge in [0.2, 0.25) is 0 Å². The van der Waals surface area contributed by atoms with Crippen molar-refractivity contribution in [1.29, 1.82) is 0 Å². The van der Waals surface area contributed by atoms with E-state index in [0.29, 0.717) is 19.8 Å². The minimum atomic E-state index is -0.410. The van der Waals surface area contributed by atoms with Crippen molar-refractivity contribution in [3.8, 4) is 34.9 Å². The molecule has 0 atom stereocenters. The first-order valence-electron chi connectivity index (χ1n) is 19.4. The topological polar surface area (TPSA) is 139 Å². The van der Waals surface area contributed by atoms with E-state index in [-0.39, 0.29) is 19.5 Å². The van der Waals surface area contributed by atoms with Gasteiger partial charge in [-0.05, 0) is 110 Å². The number of nitrogens with one attached hydrogen (secondary N) is 1. The molecule has 0 saturated carbocycles. The number of fused-ring (bicyclic) bond motifs is 3. The van der Waals surface area contributed by atoms with Gasteiger partial charge in [-0.3, -0.25) is 0 Å². The van der Waals surface area contributed by atoms with E-state index in [2.05, 4.69) is 79.1 Å². The fourth-order valence-electron chi connectivity index (χ4n) is 7.13. The second kappa shape index (κ2) is 21.4. The molecule has 0 spiro atoms. The monoisotopic (exact) mass is 793 g/mol. The Morgan fingerprint density at radius 1 is 0.702 bits per heavy atom. The van der Waals surface area contributed by atoms with Crippen molar-refractivity contribution < 1.29 is 19.5 Å². The van der Waals surface area contributed by atoms with Crippen LogP contribution in [-0.2, 0) is 61.5 Å². The summed E-state index contributed by atoms with van der Waals surface area (Å²) in [6.45, 7) is 11.7. The molecule has 5 aromatic rings. The maximum absolute atomic E-state index is 9.76. The molecule has 16 heteroatoms. The lowest BCUT2D eigenvalue weighted by Gasteiger charge is -2.29. The normalized spacial score (nSPS) is 14.6. The van der Waals surface area contributed by atoms with Gasteiger partial charge in [-0.15, -0.1) is 29.0 Å². The average Bonchev–Trinajstić information content (AvgIpc) is 3.92. The van der Waals surface area contributed by atoms with Gasteiger partial charge in [-0.1, -0.05) is 46.7 Å². The quantitative estimate of drug-likeness (QED) is 0.141. The molecule has 3 aromatic carbocycles. The zero-order valence-electron chi connectivity index (χ0n) is 33.5. The number of halogens is 1. The Balaban J connectivity index is 0.000000165. The van der Waals surface area contributed by atoms with E-state index >= 15 is 0 Å². The Morgan fingerprint density at radius 2 is 1.19 bits per heavy atom. The van der Waals surface area contributed by atoms with Crippen molar-refractivity contribution in [1.82, 2.24) is 44.9 Å². The molecule has 2 aromatic heterocycles. The standard InChI is InChI=1S/C15H21BN4O2.C14H18N4O.C12H14BNO.ClH/c1-16(21)19-6-5-12-3-4-13(9-14(12)10-19)15-11-20(18-17-15)7-8-22-2;1-19-7-6-18-10-14(16-17-18)12-3-2-11-4-5-15-9-13(11)8-12;1-3-10-4-5-11-6-7-14(13(2)15)9-12(11)8-10;/h3-4,9,11,21H,5-8,10H2,1-2H3;2-3,8,10,15H,4-7,9H2,1H3;1,4-5,8,15H,6-7,9H2,2H3;1H. The number of benzene rings is 3. The summed E-state index contributed by atoms with van der Waals surface area (Å²) in [7, 11) is 2.57.